The summed E-state index contributed by atoms with van der Waals surface area (Å²) in [6.45, 7) is 3.30. The Hall–Kier alpha value is -2.20. The van der Waals surface area contributed by atoms with Crippen molar-refractivity contribution in [2.45, 2.75) is 0 Å². The van der Waals surface area contributed by atoms with Crippen LogP contribution in [0.25, 0.3) is 11.1 Å². The van der Waals surface area contributed by atoms with Crippen LogP contribution in [0.15, 0.2) is 42.6 Å². The number of nitrogens with zero attached hydrogens (tertiary/aromatic N) is 2. The van der Waals surface area contributed by atoms with Gasteiger partial charge in [0.05, 0.1) is 13.2 Å². The van der Waals surface area contributed by atoms with Gasteiger partial charge in [0, 0.05) is 30.4 Å². The molecule has 4 heteroatoms. The number of benzene rings is 1. The van der Waals surface area contributed by atoms with Crippen molar-refractivity contribution in [3.05, 3.63) is 48.2 Å². The molecule has 0 atom stereocenters. The second-order valence-electron chi connectivity index (χ2n) is 4.74. The summed E-state index contributed by atoms with van der Waals surface area (Å²) in [5.41, 5.74) is 2.81. The van der Waals surface area contributed by atoms with Crippen LogP contribution in [0.5, 0.6) is 0 Å². The van der Waals surface area contributed by atoms with E-state index in [1.54, 1.807) is 0 Å². The van der Waals surface area contributed by atoms with Gasteiger partial charge in [0.15, 0.2) is 0 Å². The largest absolute Gasteiger partial charge is 0.378 e. The summed E-state index contributed by atoms with van der Waals surface area (Å²) in [4.78, 5) is 17.4. The summed E-state index contributed by atoms with van der Waals surface area (Å²) in [6, 6.07) is 11.6. The van der Waals surface area contributed by atoms with E-state index in [0.717, 1.165) is 49.5 Å². The van der Waals surface area contributed by atoms with Crippen molar-refractivity contribution in [1.82, 2.24) is 4.98 Å². The number of hydrogen-bond donors (Lipinski definition) is 0. The molecule has 1 fully saturated rings. The van der Waals surface area contributed by atoms with Gasteiger partial charge in [0.1, 0.15) is 12.1 Å². The standard InChI is InChI=1S/C16H16N2O2/c19-12-13-1-3-14(4-2-13)15-5-6-16(17-11-15)18-7-9-20-10-8-18/h1-6,11-12H,7-10H2. The number of morpholine rings is 1. The lowest BCUT2D eigenvalue weighted by Crippen LogP contribution is -2.36. The molecule has 2 heterocycles. The van der Waals surface area contributed by atoms with Gasteiger partial charge in [-0.25, -0.2) is 4.98 Å². The quantitative estimate of drug-likeness (QED) is 0.802. The van der Waals surface area contributed by atoms with E-state index < -0.39 is 0 Å². The Bertz CT molecular complexity index is 572. The van der Waals surface area contributed by atoms with Crippen molar-refractivity contribution in [3.63, 3.8) is 0 Å². The monoisotopic (exact) mass is 268 g/mol. The molecule has 0 N–H and O–H groups in total. The summed E-state index contributed by atoms with van der Waals surface area (Å²) in [5, 5.41) is 0. The molecule has 102 valence electrons. The third-order valence-corrected chi connectivity index (χ3v) is 3.46. The van der Waals surface area contributed by atoms with Gasteiger partial charge in [-0.05, 0) is 17.7 Å². The highest BCUT2D eigenvalue weighted by molar-refractivity contribution is 5.76. The molecule has 0 radical (unpaired) electrons. The Kier molecular flexibility index (Phi) is 3.74. The number of carbonyl (C=O) groups is 1. The number of aromatic nitrogens is 1. The first kappa shape index (κ1) is 12.8. The van der Waals surface area contributed by atoms with Crippen LogP contribution in [-0.2, 0) is 4.74 Å². The Labute approximate surface area is 118 Å². The average molecular weight is 268 g/mol. The SMILES string of the molecule is O=Cc1ccc(-c2ccc(N3CCOCC3)nc2)cc1. The summed E-state index contributed by atoms with van der Waals surface area (Å²) in [6.07, 6.45) is 2.73. The first-order valence-corrected chi connectivity index (χ1v) is 6.71. The summed E-state index contributed by atoms with van der Waals surface area (Å²) in [7, 11) is 0. The first-order chi connectivity index (χ1) is 9.86. The van der Waals surface area contributed by atoms with E-state index in [1.165, 1.54) is 0 Å². The minimum Gasteiger partial charge on any atom is -0.378 e. The molecule has 0 unspecified atom stereocenters. The number of ether oxygens (including phenoxy) is 1. The number of hydrogen-bond acceptors (Lipinski definition) is 4. The van der Waals surface area contributed by atoms with E-state index in [9.17, 15) is 4.79 Å². The fourth-order valence-corrected chi connectivity index (χ4v) is 2.29. The van der Waals surface area contributed by atoms with E-state index in [4.69, 9.17) is 4.74 Å². The molecule has 1 saturated heterocycles. The predicted molar refractivity (Wildman–Crippen MR) is 78.1 cm³/mol. The summed E-state index contributed by atoms with van der Waals surface area (Å²) >= 11 is 0. The van der Waals surface area contributed by atoms with Gasteiger partial charge < -0.3 is 9.64 Å². The minimum absolute atomic E-state index is 0.687. The second kappa shape index (κ2) is 5.84. The lowest BCUT2D eigenvalue weighted by Gasteiger charge is -2.27. The van der Waals surface area contributed by atoms with Crippen molar-refractivity contribution < 1.29 is 9.53 Å². The van der Waals surface area contributed by atoms with Crippen molar-refractivity contribution in [2.75, 3.05) is 31.2 Å². The van der Waals surface area contributed by atoms with Crippen LogP contribution in [0.2, 0.25) is 0 Å². The molecule has 20 heavy (non-hydrogen) atoms. The molecule has 0 amide bonds. The fourth-order valence-electron chi connectivity index (χ4n) is 2.29. The lowest BCUT2D eigenvalue weighted by atomic mass is 10.1. The van der Waals surface area contributed by atoms with Gasteiger partial charge in [-0.15, -0.1) is 0 Å². The van der Waals surface area contributed by atoms with E-state index in [0.29, 0.717) is 5.56 Å². The first-order valence-electron chi connectivity index (χ1n) is 6.71. The fraction of sp³-hybridized carbons (Fsp3) is 0.250. The maximum absolute atomic E-state index is 10.6. The van der Waals surface area contributed by atoms with Gasteiger partial charge >= 0.3 is 0 Å². The predicted octanol–water partition coefficient (Wildman–Crippen LogP) is 2.40. The maximum atomic E-state index is 10.6. The third-order valence-electron chi connectivity index (χ3n) is 3.46. The molecule has 0 saturated carbocycles. The molecular formula is C16H16N2O2. The Balaban J connectivity index is 1.79. The molecule has 0 bridgehead atoms. The maximum Gasteiger partial charge on any atom is 0.150 e. The van der Waals surface area contributed by atoms with Crippen molar-refractivity contribution >= 4 is 12.1 Å². The molecule has 4 nitrogen and oxygen atoms in total. The number of aldehydes is 1. The van der Waals surface area contributed by atoms with Gasteiger partial charge in [-0.1, -0.05) is 24.3 Å². The van der Waals surface area contributed by atoms with Gasteiger partial charge in [0.2, 0.25) is 0 Å². The third kappa shape index (κ3) is 2.70. The van der Waals surface area contributed by atoms with Crippen molar-refractivity contribution in [1.29, 1.82) is 0 Å². The van der Waals surface area contributed by atoms with E-state index in [-0.39, 0.29) is 0 Å². The molecule has 1 aliphatic heterocycles. The second-order valence-corrected chi connectivity index (χ2v) is 4.74. The number of carbonyl (C=O) groups excluding carboxylic acids is 1. The zero-order chi connectivity index (χ0) is 13.8. The summed E-state index contributed by atoms with van der Waals surface area (Å²) in [5.74, 6) is 0.988. The number of anilines is 1. The average Bonchev–Trinajstić information content (AvgIpc) is 2.56. The van der Waals surface area contributed by atoms with Gasteiger partial charge in [-0.2, -0.15) is 0 Å². The molecule has 1 aromatic heterocycles. The molecular weight excluding hydrogens is 252 g/mol. The highest BCUT2D eigenvalue weighted by atomic mass is 16.5. The number of pyridine rings is 1. The van der Waals surface area contributed by atoms with Crippen LogP contribution in [0.3, 0.4) is 0 Å². The normalized spacial score (nSPS) is 15.1. The highest BCUT2D eigenvalue weighted by Gasteiger charge is 2.12. The Morgan fingerprint density at radius 2 is 1.70 bits per heavy atom. The topological polar surface area (TPSA) is 42.4 Å². The Morgan fingerprint density at radius 1 is 1.00 bits per heavy atom. The Morgan fingerprint density at radius 3 is 2.30 bits per heavy atom. The molecule has 2 aromatic rings. The lowest BCUT2D eigenvalue weighted by molar-refractivity contribution is 0.112. The van der Waals surface area contributed by atoms with E-state index in [1.807, 2.05) is 36.5 Å². The van der Waals surface area contributed by atoms with Crippen LogP contribution in [0.4, 0.5) is 5.82 Å². The molecule has 1 aliphatic rings. The molecule has 3 rings (SSSR count). The number of rotatable bonds is 3. The van der Waals surface area contributed by atoms with Crippen LogP contribution in [0, 0.1) is 0 Å². The van der Waals surface area contributed by atoms with Crippen molar-refractivity contribution in [2.24, 2.45) is 0 Å². The molecule has 1 aromatic carbocycles. The molecule has 0 spiro atoms. The van der Waals surface area contributed by atoms with E-state index >= 15 is 0 Å². The summed E-state index contributed by atoms with van der Waals surface area (Å²) < 4.78 is 5.34. The smallest absolute Gasteiger partial charge is 0.150 e. The zero-order valence-electron chi connectivity index (χ0n) is 11.2. The van der Waals surface area contributed by atoms with Crippen LogP contribution in [-0.4, -0.2) is 37.6 Å². The van der Waals surface area contributed by atoms with Crippen LogP contribution < -0.4 is 4.90 Å². The minimum atomic E-state index is 0.687. The van der Waals surface area contributed by atoms with Crippen LogP contribution >= 0.6 is 0 Å². The molecule has 0 aliphatic carbocycles. The van der Waals surface area contributed by atoms with Crippen molar-refractivity contribution in [3.8, 4) is 11.1 Å². The van der Waals surface area contributed by atoms with Gasteiger partial charge in [-0.3, -0.25) is 4.79 Å². The highest BCUT2D eigenvalue weighted by Crippen LogP contribution is 2.21. The van der Waals surface area contributed by atoms with Gasteiger partial charge in [0.25, 0.3) is 0 Å². The van der Waals surface area contributed by atoms with Crippen LogP contribution in [0.1, 0.15) is 10.4 Å². The van der Waals surface area contributed by atoms with E-state index in [2.05, 4.69) is 16.0 Å². The zero-order valence-corrected chi connectivity index (χ0v) is 11.2.